The van der Waals surface area contributed by atoms with Gasteiger partial charge in [0, 0.05) is 13.0 Å². The average molecular weight is 338 g/mol. The molecule has 0 saturated carbocycles. The fourth-order valence-electron chi connectivity index (χ4n) is 2.82. The molecular weight excluding hydrogens is 312 g/mol. The Hall–Kier alpha value is -1.43. The van der Waals surface area contributed by atoms with Crippen LogP contribution in [0.15, 0.2) is 0 Å². The average Bonchev–Trinajstić information content (AvgIpc) is 2.88. The molecule has 1 aliphatic heterocycles. The van der Waals surface area contributed by atoms with Gasteiger partial charge < -0.3 is 9.64 Å². The molecule has 1 atom stereocenters. The van der Waals surface area contributed by atoms with E-state index in [0.29, 0.717) is 13.0 Å². The summed E-state index contributed by atoms with van der Waals surface area (Å²) in [5, 5.41) is 1.05. The zero-order chi connectivity index (χ0) is 16.8. The lowest BCUT2D eigenvalue weighted by Gasteiger charge is -2.24. The number of rotatable bonds is 5. The number of ether oxygens (including phenoxy) is 1. The summed E-state index contributed by atoms with van der Waals surface area (Å²) >= 11 is 1.59. The largest absolute Gasteiger partial charge is 0.456 e. The Bertz CT molecular complexity index is 556. The van der Waals surface area contributed by atoms with Gasteiger partial charge in [-0.2, -0.15) is 0 Å². The molecule has 2 rings (SSSR count). The highest BCUT2D eigenvalue weighted by Crippen LogP contribution is 2.28. The van der Waals surface area contributed by atoms with Gasteiger partial charge in [0.05, 0.1) is 15.6 Å². The molecule has 5 nitrogen and oxygen atoms in total. The van der Waals surface area contributed by atoms with Crippen molar-refractivity contribution in [3.05, 3.63) is 15.6 Å². The molecular formula is C17H26N2O3S. The van der Waals surface area contributed by atoms with Gasteiger partial charge in [-0.25, -0.2) is 4.98 Å². The van der Waals surface area contributed by atoms with E-state index in [1.807, 2.05) is 13.8 Å². The van der Waals surface area contributed by atoms with Crippen LogP contribution in [0.1, 0.15) is 67.6 Å². The Morgan fingerprint density at radius 3 is 2.78 bits per heavy atom. The number of carbonyl (C=O) groups is 2. The van der Waals surface area contributed by atoms with E-state index in [0.717, 1.165) is 47.7 Å². The van der Waals surface area contributed by atoms with Crippen LogP contribution in [0.5, 0.6) is 0 Å². The van der Waals surface area contributed by atoms with E-state index in [1.54, 1.807) is 16.2 Å². The summed E-state index contributed by atoms with van der Waals surface area (Å²) < 4.78 is 5.54. The number of amides is 1. The van der Waals surface area contributed by atoms with E-state index in [2.05, 4.69) is 11.9 Å². The Balaban J connectivity index is 1.92. The molecule has 0 bridgehead atoms. The Morgan fingerprint density at radius 2 is 2.09 bits per heavy atom. The van der Waals surface area contributed by atoms with Crippen molar-refractivity contribution in [3.63, 3.8) is 0 Å². The van der Waals surface area contributed by atoms with Crippen LogP contribution in [0.2, 0.25) is 0 Å². The monoisotopic (exact) mass is 338 g/mol. The van der Waals surface area contributed by atoms with Crippen LogP contribution in [-0.4, -0.2) is 34.8 Å². The van der Waals surface area contributed by atoms with Crippen LogP contribution >= 0.6 is 11.3 Å². The van der Waals surface area contributed by atoms with Gasteiger partial charge in [-0.1, -0.05) is 19.8 Å². The number of carbonyl (C=O) groups excluding carboxylic acids is 2. The second-order valence-corrected chi connectivity index (χ2v) is 7.14. The van der Waals surface area contributed by atoms with Gasteiger partial charge >= 0.3 is 5.97 Å². The van der Waals surface area contributed by atoms with Gasteiger partial charge in [0.2, 0.25) is 5.91 Å². The summed E-state index contributed by atoms with van der Waals surface area (Å²) in [6.07, 6.45) is 5.21. The van der Waals surface area contributed by atoms with Crippen LogP contribution in [0.25, 0.3) is 0 Å². The maximum absolute atomic E-state index is 12.2. The number of hydrogen-bond donors (Lipinski definition) is 0. The molecule has 0 aliphatic carbocycles. The Morgan fingerprint density at radius 1 is 1.35 bits per heavy atom. The first-order valence-electron chi connectivity index (χ1n) is 8.44. The summed E-state index contributed by atoms with van der Waals surface area (Å²) in [5.41, 5.74) is 0.925. The van der Waals surface area contributed by atoms with Gasteiger partial charge in [0.25, 0.3) is 0 Å². The fourth-order valence-corrected chi connectivity index (χ4v) is 3.81. The molecule has 6 heteroatoms. The minimum Gasteiger partial charge on any atom is -0.456 e. The van der Waals surface area contributed by atoms with Crippen LogP contribution in [0.4, 0.5) is 0 Å². The minimum atomic E-state index is -0.336. The lowest BCUT2D eigenvalue weighted by atomic mass is 10.1. The lowest BCUT2D eigenvalue weighted by Crippen LogP contribution is -2.38. The van der Waals surface area contributed by atoms with Gasteiger partial charge in [-0.15, -0.1) is 11.3 Å². The second-order valence-electron chi connectivity index (χ2n) is 6.02. The molecule has 2 heterocycles. The van der Waals surface area contributed by atoms with Crippen LogP contribution in [0.3, 0.4) is 0 Å². The van der Waals surface area contributed by atoms with Crippen molar-refractivity contribution in [2.45, 2.75) is 65.4 Å². The SMILES string of the molecule is CCc1nc(C)c([C@H](C)OC(=O)CN2CCCCCCC2=O)s1. The molecule has 0 unspecified atom stereocenters. The first-order chi connectivity index (χ1) is 11.0. The number of aryl methyl sites for hydroxylation is 2. The van der Waals surface area contributed by atoms with Gasteiger partial charge in [-0.3, -0.25) is 9.59 Å². The van der Waals surface area contributed by atoms with Crippen molar-refractivity contribution < 1.29 is 14.3 Å². The lowest BCUT2D eigenvalue weighted by molar-refractivity contribution is -0.153. The third-order valence-corrected chi connectivity index (χ3v) is 5.56. The summed E-state index contributed by atoms with van der Waals surface area (Å²) in [6, 6.07) is 0. The highest BCUT2D eigenvalue weighted by molar-refractivity contribution is 7.11. The third-order valence-electron chi connectivity index (χ3n) is 4.10. The highest BCUT2D eigenvalue weighted by Gasteiger charge is 2.22. The number of thiazole rings is 1. The topological polar surface area (TPSA) is 59.5 Å². The van der Waals surface area contributed by atoms with E-state index in [4.69, 9.17) is 4.74 Å². The summed E-state index contributed by atoms with van der Waals surface area (Å²) in [7, 11) is 0. The second kappa shape index (κ2) is 8.43. The Labute approximate surface area is 142 Å². The standard InChI is InChI=1S/C17H26N2O3S/c1-4-14-18-12(2)17(23-14)13(3)22-16(21)11-19-10-8-6-5-7-9-15(19)20/h13H,4-11H2,1-3H3/t13-/m0/s1. The highest BCUT2D eigenvalue weighted by atomic mass is 32.1. The normalized spacial score (nSPS) is 17.5. The summed E-state index contributed by atoms with van der Waals surface area (Å²) in [5.74, 6) is -0.270. The van der Waals surface area contributed by atoms with Crippen molar-refractivity contribution >= 4 is 23.2 Å². The minimum absolute atomic E-state index is 0.0572. The van der Waals surface area contributed by atoms with Gasteiger partial charge in [0.15, 0.2) is 0 Å². The maximum atomic E-state index is 12.2. The first kappa shape index (κ1) is 17.9. The molecule has 23 heavy (non-hydrogen) atoms. The quantitative estimate of drug-likeness (QED) is 0.772. The van der Waals surface area contributed by atoms with E-state index in [-0.39, 0.29) is 24.5 Å². The van der Waals surface area contributed by atoms with E-state index in [1.165, 1.54) is 0 Å². The van der Waals surface area contributed by atoms with E-state index in [9.17, 15) is 9.59 Å². The summed E-state index contributed by atoms with van der Waals surface area (Å²) in [6.45, 7) is 6.58. The molecule has 1 amide bonds. The molecule has 1 aromatic rings. The molecule has 1 saturated heterocycles. The van der Waals surface area contributed by atoms with Gasteiger partial charge in [0.1, 0.15) is 12.6 Å². The zero-order valence-electron chi connectivity index (χ0n) is 14.3. The smallest absolute Gasteiger partial charge is 0.326 e. The number of hydrogen-bond acceptors (Lipinski definition) is 5. The molecule has 0 spiro atoms. The predicted molar refractivity (Wildman–Crippen MR) is 90.4 cm³/mol. The summed E-state index contributed by atoms with van der Waals surface area (Å²) in [4.78, 5) is 31.4. The molecule has 1 aromatic heterocycles. The third kappa shape index (κ3) is 5.03. The predicted octanol–water partition coefficient (Wildman–Crippen LogP) is 3.41. The fraction of sp³-hybridized carbons (Fsp3) is 0.706. The molecule has 0 aromatic carbocycles. The van der Waals surface area contributed by atoms with Crippen molar-refractivity contribution in [1.82, 2.24) is 9.88 Å². The van der Waals surface area contributed by atoms with Crippen LogP contribution in [-0.2, 0) is 20.7 Å². The number of likely N-dealkylation sites (tertiary alicyclic amines) is 1. The van der Waals surface area contributed by atoms with E-state index < -0.39 is 0 Å². The molecule has 1 aliphatic rings. The molecule has 128 valence electrons. The molecule has 1 fully saturated rings. The van der Waals surface area contributed by atoms with Crippen molar-refractivity contribution in [2.75, 3.05) is 13.1 Å². The van der Waals surface area contributed by atoms with E-state index >= 15 is 0 Å². The first-order valence-corrected chi connectivity index (χ1v) is 9.26. The van der Waals surface area contributed by atoms with Crippen LogP contribution in [0, 0.1) is 6.92 Å². The number of aromatic nitrogens is 1. The van der Waals surface area contributed by atoms with Crippen molar-refractivity contribution in [2.24, 2.45) is 0 Å². The number of nitrogens with zero attached hydrogens (tertiary/aromatic N) is 2. The zero-order valence-corrected chi connectivity index (χ0v) is 15.1. The number of esters is 1. The Kier molecular flexibility index (Phi) is 6.57. The van der Waals surface area contributed by atoms with Crippen molar-refractivity contribution in [1.29, 1.82) is 0 Å². The van der Waals surface area contributed by atoms with Crippen molar-refractivity contribution in [3.8, 4) is 0 Å². The molecule has 0 N–H and O–H groups in total. The molecule has 0 radical (unpaired) electrons. The van der Waals surface area contributed by atoms with Gasteiger partial charge in [-0.05, 0) is 33.1 Å². The maximum Gasteiger partial charge on any atom is 0.326 e. The van der Waals surface area contributed by atoms with Crippen LogP contribution < -0.4 is 0 Å².